The highest BCUT2D eigenvalue weighted by molar-refractivity contribution is 7.46. The molecule has 22 heavy (non-hydrogen) atoms. The highest BCUT2D eigenvalue weighted by atomic mass is 31.2. The molecule has 0 spiro atoms. The van der Waals surface area contributed by atoms with E-state index in [-0.39, 0.29) is 24.8 Å². The first-order valence-corrected chi connectivity index (χ1v) is 7.82. The van der Waals surface area contributed by atoms with Crippen LogP contribution in [-0.4, -0.2) is 38.4 Å². The lowest BCUT2D eigenvalue weighted by Gasteiger charge is -2.15. The molecule has 1 atom stereocenters. The lowest BCUT2D eigenvalue weighted by molar-refractivity contribution is -0.125. The van der Waals surface area contributed by atoms with Gasteiger partial charge in [-0.15, -0.1) is 0 Å². The minimum absolute atomic E-state index is 0.0799. The number of hydrogen-bond acceptors (Lipinski definition) is 7. The highest BCUT2D eigenvalue weighted by Gasteiger charge is 2.26. The van der Waals surface area contributed by atoms with Crippen LogP contribution in [0.3, 0.4) is 0 Å². The fourth-order valence-corrected chi connectivity index (χ4v) is 2.19. The first kappa shape index (κ1) is 16.8. The van der Waals surface area contributed by atoms with E-state index in [0.717, 1.165) is 0 Å². The Balaban J connectivity index is 2.14. The van der Waals surface area contributed by atoms with Gasteiger partial charge in [0.2, 0.25) is 0 Å². The molecule has 2 heterocycles. The van der Waals surface area contributed by atoms with Crippen LogP contribution >= 0.6 is 7.82 Å². The summed E-state index contributed by atoms with van der Waals surface area (Å²) >= 11 is 0. The van der Waals surface area contributed by atoms with Gasteiger partial charge in [-0.2, -0.15) is 0 Å². The van der Waals surface area contributed by atoms with Crippen molar-refractivity contribution in [2.24, 2.45) is 0 Å². The van der Waals surface area contributed by atoms with Gasteiger partial charge in [0.05, 0.1) is 18.9 Å². The molecule has 2 rings (SSSR count). The maximum Gasteiger partial charge on any atom is 0.469 e. The molecule has 1 amide bonds. The van der Waals surface area contributed by atoms with Gasteiger partial charge in [-0.1, -0.05) is 0 Å². The number of aromatic hydroxyl groups is 1. The second kappa shape index (κ2) is 6.69. The molecule has 10 nitrogen and oxygen atoms in total. The Bertz CT molecular complexity index is 618. The number of amides is 1. The van der Waals surface area contributed by atoms with E-state index >= 15 is 0 Å². The van der Waals surface area contributed by atoms with Crippen LogP contribution in [0, 0.1) is 6.92 Å². The van der Waals surface area contributed by atoms with Gasteiger partial charge in [0.1, 0.15) is 11.8 Å². The average Bonchev–Trinajstić information content (AvgIpc) is 2.83. The monoisotopic (exact) mass is 333 g/mol. The van der Waals surface area contributed by atoms with Gasteiger partial charge in [0.15, 0.2) is 0 Å². The van der Waals surface area contributed by atoms with E-state index in [1.54, 1.807) is 6.92 Å². The summed E-state index contributed by atoms with van der Waals surface area (Å²) < 4.78 is 15.2. The van der Waals surface area contributed by atoms with Crippen LogP contribution < -0.4 is 10.8 Å². The van der Waals surface area contributed by atoms with Crippen molar-refractivity contribution < 1.29 is 33.6 Å². The quantitative estimate of drug-likeness (QED) is 0.422. The van der Waals surface area contributed by atoms with Crippen molar-refractivity contribution in [3.05, 3.63) is 23.0 Å². The molecule has 1 aliphatic heterocycles. The number of pyridine rings is 1. The molecular formula is C11H16N3O7P. The Hall–Kier alpha value is -1.55. The number of hydrogen-bond donors (Lipinski definition) is 5. The van der Waals surface area contributed by atoms with Crippen molar-refractivity contribution in [1.29, 1.82) is 0 Å². The molecule has 0 aromatic carbocycles. The summed E-state index contributed by atoms with van der Waals surface area (Å²) in [6, 6.07) is -0.580. The number of nitrogens with one attached hydrogen (secondary N) is 2. The lowest BCUT2D eigenvalue weighted by atomic mass is 10.1. The summed E-state index contributed by atoms with van der Waals surface area (Å²) in [5, 5.41) is 12.9. The number of phosphoric acid groups is 1. The number of phosphoric ester groups is 1. The second-order valence-electron chi connectivity index (χ2n) is 4.67. The van der Waals surface area contributed by atoms with Crippen molar-refractivity contribution in [3.8, 4) is 5.75 Å². The number of aryl methyl sites for hydroxylation is 1. The summed E-state index contributed by atoms with van der Waals surface area (Å²) in [4.78, 5) is 37.6. The van der Waals surface area contributed by atoms with E-state index in [0.29, 0.717) is 16.8 Å². The molecule has 0 saturated carbocycles. The molecule has 1 saturated heterocycles. The minimum atomic E-state index is -4.64. The molecule has 0 bridgehead atoms. The maximum atomic E-state index is 11.4. The van der Waals surface area contributed by atoms with Crippen LogP contribution in [0.15, 0.2) is 6.20 Å². The molecule has 1 aromatic heterocycles. The Kier molecular flexibility index (Phi) is 5.12. The topological polar surface area (TPSA) is 150 Å². The van der Waals surface area contributed by atoms with E-state index in [9.17, 15) is 14.5 Å². The second-order valence-corrected chi connectivity index (χ2v) is 5.91. The predicted octanol–water partition coefficient (Wildman–Crippen LogP) is -0.775. The first-order chi connectivity index (χ1) is 10.3. The van der Waals surface area contributed by atoms with Crippen molar-refractivity contribution in [2.75, 3.05) is 6.61 Å². The SMILES string of the molecule is Cc1ncc(COP(=O)(O)O)c(CN[C@@H]2CONC2=O)c1O. The molecule has 0 radical (unpaired) electrons. The standard InChI is InChI=1S/C11H16N3O7P/c1-6-10(15)8(3-13-9-5-20-14-11(9)16)7(2-12-6)4-21-22(17,18)19/h2,9,13,15H,3-5H2,1H3,(H,14,16)(H2,17,18,19)/t9-/m1/s1. The summed E-state index contributed by atoms with van der Waals surface area (Å²) in [5.74, 6) is -0.461. The van der Waals surface area contributed by atoms with Crippen molar-refractivity contribution in [3.63, 3.8) is 0 Å². The Morgan fingerprint density at radius 2 is 2.32 bits per heavy atom. The van der Waals surface area contributed by atoms with Crippen LogP contribution in [0.4, 0.5) is 0 Å². The number of nitrogens with zero attached hydrogens (tertiary/aromatic N) is 1. The van der Waals surface area contributed by atoms with E-state index in [2.05, 4.69) is 20.3 Å². The van der Waals surface area contributed by atoms with E-state index in [4.69, 9.17) is 14.6 Å². The molecule has 1 aromatic rings. The van der Waals surface area contributed by atoms with Crippen LogP contribution in [-0.2, 0) is 31.9 Å². The van der Waals surface area contributed by atoms with E-state index in [1.807, 2.05) is 0 Å². The van der Waals surface area contributed by atoms with Gasteiger partial charge in [0.25, 0.3) is 5.91 Å². The molecule has 1 fully saturated rings. The zero-order valence-electron chi connectivity index (χ0n) is 11.6. The predicted molar refractivity (Wildman–Crippen MR) is 72.2 cm³/mol. The van der Waals surface area contributed by atoms with Crippen LogP contribution in [0.5, 0.6) is 5.75 Å². The molecule has 122 valence electrons. The highest BCUT2D eigenvalue weighted by Crippen LogP contribution is 2.38. The largest absolute Gasteiger partial charge is 0.506 e. The average molecular weight is 333 g/mol. The maximum absolute atomic E-state index is 11.4. The Morgan fingerprint density at radius 1 is 1.59 bits per heavy atom. The van der Waals surface area contributed by atoms with Crippen molar-refractivity contribution in [2.45, 2.75) is 26.1 Å². The molecule has 11 heteroatoms. The van der Waals surface area contributed by atoms with Crippen LogP contribution in [0.1, 0.15) is 16.8 Å². The number of carbonyl (C=O) groups excluding carboxylic acids is 1. The molecule has 5 N–H and O–H groups in total. The third kappa shape index (κ3) is 4.23. The first-order valence-electron chi connectivity index (χ1n) is 6.29. The minimum Gasteiger partial charge on any atom is -0.506 e. The van der Waals surface area contributed by atoms with E-state index < -0.39 is 20.5 Å². The Labute approximate surface area is 125 Å². The molecule has 0 aliphatic carbocycles. The molecule has 1 aliphatic rings. The van der Waals surface area contributed by atoms with Gasteiger partial charge < -0.3 is 14.9 Å². The number of carbonyl (C=O) groups is 1. The van der Waals surface area contributed by atoms with Gasteiger partial charge in [-0.3, -0.25) is 24.5 Å². The van der Waals surface area contributed by atoms with Crippen molar-refractivity contribution >= 4 is 13.7 Å². The van der Waals surface area contributed by atoms with Crippen molar-refractivity contribution in [1.82, 2.24) is 15.8 Å². The fraction of sp³-hybridized carbons (Fsp3) is 0.455. The summed E-state index contributed by atoms with van der Waals surface area (Å²) in [7, 11) is -4.64. The van der Waals surface area contributed by atoms with E-state index in [1.165, 1.54) is 6.20 Å². The smallest absolute Gasteiger partial charge is 0.469 e. The zero-order chi connectivity index (χ0) is 16.3. The van der Waals surface area contributed by atoms with Gasteiger partial charge >= 0.3 is 7.82 Å². The number of aromatic nitrogens is 1. The van der Waals surface area contributed by atoms with Gasteiger partial charge in [-0.25, -0.2) is 10.0 Å². The zero-order valence-corrected chi connectivity index (χ0v) is 12.5. The normalized spacial score (nSPS) is 18.5. The number of hydroxylamine groups is 1. The summed E-state index contributed by atoms with van der Waals surface area (Å²) in [6.07, 6.45) is 1.35. The van der Waals surface area contributed by atoms with Gasteiger partial charge in [-0.05, 0) is 6.92 Å². The van der Waals surface area contributed by atoms with Crippen LogP contribution in [0.25, 0.3) is 0 Å². The van der Waals surface area contributed by atoms with Crippen LogP contribution in [0.2, 0.25) is 0 Å². The van der Waals surface area contributed by atoms with Gasteiger partial charge in [0, 0.05) is 23.9 Å². The third-order valence-electron chi connectivity index (χ3n) is 3.08. The summed E-state index contributed by atoms with van der Waals surface area (Å²) in [6.45, 7) is 1.38. The fourth-order valence-electron chi connectivity index (χ4n) is 1.88. The Morgan fingerprint density at radius 3 is 2.91 bits per heavy atom. The summed E-state index contributed by atoms with van der Waals surface area (Å²) in [5.41, 5.74) is 3.19. The number of rotatable bonds is 6. The molecule has 0 unspecified atom stereocenters. The third-order valence-corrected chi connectivity index (χ3v) is 3.55. The molecular weight excluding hydrogens is 317 g/mol. The lowest BCUT2D eigenvalue weighted by Crippen LogP contribution is -2.37.